The summed E-state index contributed by atoms with van der Waals surface area (Å²) >= 11 is 1.32. The van der Waals surface area contributed by atoms with Gasteiger partial charge in [-0.25, -0.2) is 13.4 Å². The number of carbonyl (C=O) groups is 1. The molecule has 2 aliphatic heterocycles. The SMILES string of the molecule is O=C(Nc1nc(-c2ccco2)cs1)C1CCN(S(=O)(=O)c2ccc3c(c2)OCCO3)CC1. The maximum absolute atomic E-state index is 13.1. The molecule has 1 fully saturated rings. The second kappa shape index (κ2) is 8.57. The number of rotatable bonds is 5. The molecular weight excluding hydrogens is 454 g/mol. The number of furan rings is 1. The van der Waals surface area contributed by atoms with Gasteiger partial charge in [-0.15, -0.1) is 11.3 Å². The van der Waals surface area contributed by atoms with Crippen LogP contribution in [0.25, 0.3) is 11.5 Å². The van der Waals surface area contributed by atoms with Crippen LogP contribution in [-0.4, -0.2) is 49.9 Å². The molecule has 11 heteroatoms. The number of fused-ring (bicyclic) bond motifs is 1. The fraction of sp³-hybridized carbons (Fsp3) is 0.333. The zero-order valence-electron chi connectivity index (χ0n) is 17.0. The van der Waals surface area contributed by atoms with Gasteiger partial charge in [0.1, 0.15) is 18.9 Å². The molecular formula is C21H21N3O6S2. The number of amides is 1. The molecule has 5 rings (SSSR count). The molecule has 1 aromatic carbocycles. The maximum Gasteiger partial charge on any atom is 0.243 e. The molecule has 168 valence electrons. The van der Waals surface area contributed by atoms with E-state index in [4.69, 9.17) is 13.9 Å². The van der Waals surface area contributed by atoms with Crippen LogP contribution in [-0.2, 0) is 14.8 Å². The standard InChI is InChI=1S/C21H21N3O6S2/c25-20(23-21-22-16(13-31-21)17-2-1-9-28-17)14-5-7-24(8-6-14)32(26,27)15-3-4-18-19(12-15)30-11-10-29-18/h1-4,9,12-14H,5-8,10-11H2,(H,22,23,25). The van der Waals surface area contributed by atoms with Gasteiger partial charge in [-0.3, -0.25) is 4.79 Å². The molecule has 2 aliphatic rings. The number of hydrogen-bond donors (Lipinski definition) is 1. The Labute approximate surface area is 189 Å². The zero-order valence-corrected chi connectivity index (χ0v) is 18.7. The normalized spacial score (nSPS) is 17.2. The first-order chi connectivity index (χ1) is 15.5. The summed E-state index contributed by atoms with van der Waals surface area (Å²) in [5, 5.41) is 5.15. The van der Waals surface area contributed by atoms with Crippen molar-refractivity contribution in [2.75, 3.05) is 31.6 Å². The molecule has 4 heterocycles. The van der Waals surface area contributed by atoms with Crippen molar-refractivity contribution >= 4 is 32.4 Å². The van der Waals surface area contributed by atoms with Crippen LogP contribution in [0.15, 0.2) is 51.3 Å². The fourth-order valence-electron chi connectivity index (χ4n) is 3.77. The molecule has 0 radical (unpaired) electrons. The van der Waals surface area contributed by atoms with Crippen molar-refractivity contribution in [2.24, 2.45) is 5.92 Å². The van der Waals surface area contributed by atoms with E-state index in [0.29, 0.717) is 54.1 Å². The lowest BCUT2D eigenvalue weighted by atomic mass is 9.97. The Bertz CT molecular complexity index is 1210. The first kappa shape index (κ1) is 21.0. The van der Waals surface area contributed by atoms with Crippen molar-refractivity contribution in [1.82, 2.24) is 9.29 Å². The van der Waals surface area contributed by atoms with Gasteiger partial charge in [-0.2, -0.15) is 4.31 Å². The van der Waals surface area contributed by atoms with E-state index in [1.54, 1.807) is 24.5 Å². The minimum absolute atomic E-state index is 0.151. The Morgan fingerprint density at radius 1 is 1.12 bits per heavy atom. The average Bonchev–Trinajstić information content (AvgIpc) is 3.51. The smallest absolute Gasteiger partial charge is 0.243 e. The third kappa shape index (κ3) is 4.10. The van der Waals surface area contributed by atoms with Crippen LogP contribution in [0.2, 0.25) is 0 Å². The third-order valence-electron chi connectivity index (χ3n) is 5.48. The van der Waals surface area contributed by atoms with Crippen molar-refractivity contribution in [3.05, 3.63) is 42.0 Å². The molecule has 0 bridgehead atoms. The molecule has 0 saturated carbocycles. The Hall–Kier alpha value is -2.89. The predicted octanol–water partition coefficient (Wildman–Crippen LogP) is 3.21. The number of nitrogens with one attached hydrogen (secondary N) is 1. The highest BCUT2D eigenvalue weighted by atomic mass is 32.2. The Kier molecular flexibility index (Phi) is 5.62. The highest BCUT2D eigenvalue weighted by Gasteiger charge is 2.33. The van der Waals surface area contributed by atoms with Gasteiger partial charge in [0.2, 0.25) is 15.9 Å². The number of hydrogen-bond acceptors (Lipinski definition) is 8. The van der Waals surface area contributed by atoms with Crippen LogP contribution in [0.4, 0.5) is 5.13 Å². The molecule has 1 N–H and O–H groups in total. The highest BCUT2D eigenvalue weighted by Crippen LogP contribution is 2.34. The minimum Gasteiger partial charge on any atom is -0.486 e. The number of piperidine rings is 1. The fourth-order valence-corrected chi connectivity index (χ4v) is 5.96. The van der Waals surface area contributed by atoms with Gasteiger partial charge in [0, 0.05) is 30.5 Å². The number of nitrogens with zero attached hydrogens (tertiary/aromatic N) is 2. The summed E-state index contributed by atoms with van der Waals surface area (Å²) in [6, 6.07) is 8.23. The van der Waals surface area contributed by atoms with Gasteiger partial charge in [-0.05, 0) is 37.1 Å². The van der Waals surface area contributed by atoms with E-state index in [1.165, 1.54) is 27.8 Å². The summed E-state index contributed by atoms with van der Waals surface area (Å²) in [7, 11) is -3.68. The first-order valence-corrected chi connectivity index (χ1v) is 12.5. The number of aromatic nitrogens is 1. The van der Waals surface area contributed by atoms with Crippen molar-refractivity contribution in [1.29, 1.82) is 0 Å². The van der Waals surface area contributed by atoms with Crippen LogP contribution in [0.1, 0.15) is 12.8 Å². The molecule has 32 heavy (non-hydrogen) atoms. The number of sulfonamides is 1. The highest BCUT2D eigenvalue weighted by molar-refractivity contribution is 7.89. The molecule has 1 saturated heterocycles. The van der Waals surface area contributed by atoms with Crippen LogP contribution in [0.5, 0.6) is 11.5 Å². The van der Waals surface area contributed by atoms with E-state index >= 15 is 0 Å². The Morgan fingerprint density at radius 3 is 2.66 bits per heavy atom. The molecule has 0 aliphatic carbocycles. The molecule has 0 atom stereocenters. The lowest BCUT2D eigenvalue weighted by Gasteiger charge is -2.30. The van der Waals surface area contributed by atoms with Crippen molar-refractivity contribution in [3.8, 4) is 23.0 Å². The zero-order chi connectivity index (χ0) is 22.1. The monoisotopic (exact) mass is 475 g/mol. The molecule has 0 spiro atoms. The summed E-state index contributed by atoms with van der Waals surface area (Å²) in [4.78, 5) is 17.2. The van der Waals surface area contributed by atoms with Gasteiger partial charge in [0.25, 0.3) is 0 Å². The van der Waals surface area contributed by atoms with E-state index in [2.05, 4.69) is 10.3 Å². The van der Waals surface area contributed by atoms with E-state index in [0.717, 1.165) is 0 Å². The summed E-state index contributed by atoms with van der Waals surface area (Å²) in [5.41, 5.74) is 0.663. The molecule has 0 unspecified atom stereocenters. The van der Waals surface area contributed by atoms with Gasteiger partial charge in [-0.1, -0.05) is 0 Å². The largest absolute Gasteiger partial charge is 0.486 e. The number of carbonyl (C=O) groups excluding carboxylic acids is 1. The van der Waals surface area contributed by atoms with E-state index in [9.17, 15) is 13.2 Å². The second-order valence-electron chi connectivity index (χ2n) is 7.49. The number of thiazole rings is 1. The predicted molar refractivity (Wildman–Crippen MR) is 117 cm³/mol. The Morgan fingerprint density at radius 2 is 1.91 bits per heavy atom. The minimum atomic E-state index is -3.68. The topological polar surface area (TPSA) is 111 Å². The summed E-state index contributed by atoms with van der Waals surface area (Å²) in [6.07, 6.45) is 2.44. The number of benzene rings is 1. The lowest BCUT2D eigenvalue weighted by molar-refractivity contribution is -0.120. The van der Waals surface area contributed by atoms with Crippen LogP contribution >= 0.6 is 11.3 Å². The van der Waals surface area contributed by atoms with Crippen LogP contribution < -0.4 is 14.8 Å². The molecule has 2 aromatic heterocycles. The van der Waals surface area contributed by atoms with E-state index in [1.807, 2.05) is 5.38 Å². The first-order valence-electron chi connectivity index (χ1n) is 10.2. The molecule has 3 aromatic rings. The Balaban J connectivity index is 1.20. The quantitative estimate of drug-likeness (QED) is 0.603. The van der Waals surface area contributed by atoms with Crippen LogP contribution in [0, 0.1) is 5.92 Å². The lowest BCUT2D eigenvalue weighted by Crippen LogP contribution is -2.41. The summed E-state index contributed by atoms with van der Waals surface area (Å²) in [5.74, 6) is 1.19. The van der Waals surface area contributed by atoms with E-state index < -0.39 is 10.0 Å². The van der Waals surface area contributed by atoms with Crippen LogP contribution in [0.3, 0.4) is 0 Å². The summed E-state index contributed by atoms with van der Waals surface area (Å²) < 4.78 is 43.8. The van der Waals surface area contributed by atoms with Gasteiger partial charge in [0.15, 0.2) is 22.4 Å². The molecule has 9 nitrogen and oxygen atoms in total. The number of ether oxygens (including phenoxy) is 2. The van der Waals surface area contributed by atoms with E-state index in [-0.39, 0.29) is 29.8 Å². The number of anilines is 1. The third-order valence-corrected chi connectivity index (χ3v) is 8.14. The van der Waals surface area contributed by atoms with Crippen molar-refractivity contribution < 1.29 is 27.1 Å². The summed E-state index contributed by atoms with van der Waals surface area (Å²) in [6.45, 7) is 1.37. The van der Waals surface area contributed by atoms with Crippen molar-refractivity contribution in [3.63, 3.8) is 0 Å². The molecule has 1 amide bonds. The second-order valence-corrected chi connectivity index (χ2v) is 10.3. The van der Waals surface area contributed by atoms with Gasteiger partial charge in [0.05, 0.1) is 11.2 Å². The van der Waals surface area contributed by atoms with Crippen molar-refractivity contribution in [2.45, 2.75) is 17.7 Å². The van der Waals surface area contributed by atoms with Gasteiger partial charge >= 0.3 is 0 Å². The van der Waals surface area contributed by atoms with Gasteiger partial charge < -0.3 is 19.2 Å². The maximum atomic E-state index is 13.1. The average molecular weight is 476 g/mol.